The van der Waals surface area contributed by atoms with Crippen LogP contribution in [0.3, 0.4) is 0 Å². The molecule has 4 nitrogen and oxygen atoms in total. The molecule has 1 heterocycles. The molecule has 2 rings (SSSR count). The van der Waals surface area contributed by atoms with Crippen LogP contribution in [0.25, 0.3) is 0 Å². The van der Waals surface area contributed by atoms with Gasteiger partial charge in [0.1, 0.15) is 4.88 Å². The SMILES string of the molecule is COC(=O)c1sc(I)cc1NC(=O)[C@H]1CC[C@H](C)CC1. The van der Waals surface area contributed by atoms with Crippen LogP contribution in [-0.2, 0) is 9.53 Å². The van der Waals surface area contributed by atoms with Crippen LogP contribution in [0.1, 0.15) is 42.3 Å². The zero-order valence-corrected chi connectivity index (χ0v) is 14.5. The van der Waals surface area contributed by atoms with Gasteiger partial charge in [-0.05, 0) is 60.3 Å². The van der Waals surface area contributed by atoms with Crippen molar-refractivity contribution in [2.45, 2.75) is 32.6 Å². The van der Waals surface area contributed by atoms with Gasteiger partial charge in [0.2, 0.25) is 5.91 Å². The first-order chi connectivity index (χ1) is 9.51. The molecule has 0 spiro atoms. The van der Waals surface area contributed by atoms with Crippen LogP contribution in [0.15, 0.2) is 6.07 Å². The maximum absolute atomic E-state index is 12.3. The number of carbonyl (C=O) groups is 2. The van der Waals surface area contributed by atoms with Gasteiger partial charge < -0.3 is 10.1 Å². The van der Waals surface area contributed by atoms with Gasteiger partial charge in [0, 0.05) is 5.92 Å². The Hall–Kier alpha value is -0.630. The third kappa shape index (κ3) is 3.72. The molecule has 0 aliphatic heterocycles. The Morgan fingerprint density at radius 3 is 2.60 bits per heavy atom. The average Bonchev–Trinajstić information content (AvgIpc) is 2.79. The molecule has 0 aromatic carbocycles. The highest BCUT2D eigenvalue weighted by Crippen LogP contribution is 2.32. The summed E-state index contributed by atoms with van der Waals surface area (Å²) in [6, 6.07) is 1.82. The van der Waals surface area contributed by atoms with Crippen molar-refractivity contribution in [2.24, 2.45) is 11.8 Å². The van der Waals surface area contributed by atoms with Gasteiger partial charge in [0.05, 0.1) is 15.7 Å². The molecule has 6 heteroatoms. The van der Waals surface area contributed by atoms with E-state index in [-0.39, 0.29) is 11.8 Å². The van der Waals surface area contributed by atoms with Crippen molar-refractivity contribution < 1.29 is 14.3 Å². The number of halogens is 1. The Labute approximate surface area is 136 Å². The molecule has 20 heavy (non-hydrogen) atoms. The zero-order chi connectivity index (χ0) is 14.7. The summed E-state index contributed by atoms with van der Waals surface area (Å²) in [6.45, 7) is 2.23. The second-order valence-corrected chi connectivity index (χ2v) is 8.18. The molecule has 0 radical (unpaired) electrons. The predicted octanol–water partition coefficient (Wildman–Crippen LogP) is 3.90. The highest BCUT2D eigenvalue weighted by Gasteiger charge is 2.26. The third-order valence-electron chi connectivity index (χ3n) is 3.72. The highest BCUT2D eigenvalue weighted by molar-refractivity contribution is 14.1. The molecule has 0 saturated heterocycles. The molecule has 0 atom stereocenters. The van der Waals surface area contributed by atoms with E-state index in [2.05, 4.69) is 34.8 Å². The normalized spacial score (nSPS) is 22.4. The predicted molar refractivity (Wildman–Crippen MR) is 88.1 cm³/mol. The number of carbonyl (C=O) groups excluding carboxylic acids is 2. The van der Waals surface area contributed by atoms with E-state index >= 15 is 0 Å². The molecule has 1 aromatic heterocycles. The lowest BCUT2D eigenvalue weighted by molar-refractivity contribution is -0.121. The Balaban J connectivity index is 2.06. The lowest BCUT2D eigenvalue weighted by Gasteiger charge is -2.25. The van der Waals surface area contributed by atoms with Crippen LogP contribution >= 0.6 is 33.9 Å². The largest absolute Gasteiger partial charge is 0.465 e. The molecule has 1 aromatic rings. The van der Waals surface area contributed by atoms with Crippen LogP contribution in [0.2, 0.25) is 0 Å². The monoisotopic (exact) mass is 407 g/mol. The fourth-order valence-corrected chi connectivity index (χ4v) is 4.19. The Kier molecular flexibility index (Phi) is 5.42. The van der Waals surface area contributed by atoms with E-state index in [0.29, 0.717) is 16.5 Å². The summed E-state index contributed by atoms with van der Waals surface area (Å²) in [6.07, 6.45) is 4.07. The van der Waals surface area contributed by atoms with Crippen LogP contribution in [0, 0.1) is 14.7 Å². The van der Waals surface area contributed by atoms with E-state index in [4.69, 9.17) is 4.74 Å². The quantitative estimate of drug-likeness (QED) is 0.611. The molecule has 1 amide bonds. The van der Waals surface area contributed by atoms with Gasteiger partial charge in [-0.3, -0.25) is 4.79 Å². The van der Waals surface area contributed by atoms with Crippen molar-refractivity contribution in [3.05, 3.63) is 13.8 Å². The average molecular weight is 407 g/mol. The molecule has 0 bridgehead atoms. The van der Waals surface area contributed by atoms with Crippen molar-refractivity contribution >= 4 is 51.5 Å². The molecule has 0 unspecified atom stereocenters. The number of nitrogens with one attached hydrogen (secondary N) is 1. The van der Waals surface area contributed by atoms with Gasteiger partial charge in [-0.15, -0.1) is 11.3 Å². The van der Waals surface area contributed by atoms with Crippen molar-refractivity contribution in [3.8, 4) is 0 Å². The van der Waals surface area contributed by atoms with Gasteiger partial charge >= 0.3 is 5.97 Å². The highest BCUT2D eigenvalue weighted by atomic mass is 127. The maximum atomic E-state index is 12.3. The fraction of sp³-hybridized carbons (Fsp3) is 0.571. The second-order valence-electron chi connectivity index (χ2n) is 5.23. The van der Waals surface area contributed by atoms with Gasteiger partial charge in [-0.1, -0.05) is 6.92 Å². The topological polar surface area (TPSA) is 55.4 Å². The summed E-state index contributed by atoms with van der Waals surface area (Å²) in [4.78, 5) is 24.4. The second kappa shape index (κ2) is 6.89. The number of hydrogen-bond acceptors (Lipinski definition) is 4. The summed E-state index contributed by atoms with van der Waals surface area (Å²) in [5.41, 5.74) is 0.579. The molecule has 1 aliphatic rings. The minimum absolute atomic E-state index is 0.0243. The Morgan fingerprint density at radius 2 is 2.00 bits per heavy atom. The van der Waals surface area contributed by atoms with Crippen LogP contribution in [0.5, 0.6) is 0 Å². The van der Waals surface area contributed by atoms with Gasteiger partial charge in [-0.2, -0.15) is 0 Å². The number of anilines is 1. The number of esters is 1. The van der Waals surface area contributed by atoms with E-state index in [1.807, 2.05) is 6.07 Å². The third-order valence-corrected chi connectivity index (χ3v) is 5.59. The first-order valence-electron chi connectivity index (χ1n) is 6.69. The first kappa shape index (κ1) is 15.8. The maximum Gasteiger partial charge on any atom is 0.350 e. The standard InChI is InChI=1S/C14H18INO3S/c1-8-3-5-9(6-4-8)13(17)16-10-7-11(15)20-12(10)14(18)19-2/h7-9H,3-6H2,1-2H3,(H,16,17)/t8-,9-. The number of rotatable bonds is 3. The van der Waals surface area contributed by atoms with Crippen LogP contribution in [-0.4, -0.2) is 19.0 Å². The number of hydrogen-bond donors (Lipinski definition) is 1. The van der Waals surface area contributed by atoms with E-state index in [0.717, 1.165) is 28.6 Å². The Morgan fingerprint density at radius 1 is 1.35 bits per heavy atom. The number of methoxy groups -OCH3 is 1. The van der Waals surface area contributed by atoms with Crippen molar-refractivity contribution in [1.29, 1.82) is 0 Å². The van der Waals surface area contributed by atoms with Crippen molar-refractivity contribution in [1.82, 2.24) is 0 Å². The summed E-state index contributed by atoms with van der Waals surface area (Å²) in [7, 11) is 1.35. The van der Waals surface area contributed by atoms with E-state index in [9.17, 15) is 9.59 Å². The molecular formula is C14H18INO3S. The number of ether oxygens (including phenoxy) is 1. The lowest BCUT2D eigenvalue weighted by atomic mass is 9.82. The smallest absolute Gasteiger partial charge is 0.350 e. The van der Waals surface area contributed by atoms with Gasteiger partial charge in [-0.25, -0.2) is 4.79 Å². The zero-order valence-electron chi connectivity index (χ0n) is 11.6. The summed E-state index contributed by atoms with van der Waals surface area (Å²) in [5, 5.41) is 2.90. The molecule has 1 saturated carbocycles. The Bertz CT molecular complexity index is 507. The summed E-state index contributed by atoms with van der Waals surface area (Å²) < 4.78 is 5.70. The molecule has 1 fully saturated rings. The summed E-state index contributed by atoms with van der Waals surface area (Å²) in [5.74, 6) is 0.405. The fourth-order valence-electron chi connectivity index (χ4n) is 2.46. The number of thiophene rings is 1. The number of amides is 1. The lowest BCUT2D eigenvalue weighted by Crippen LogP contribution is -2.27. The van der Waals surface area contributed by atoms with Crippen molar-refractivity contribution in [3.63, 3.8) is 0 Å². The van der Waals surface area contributed by atoms with E-state index in [1.54, 1.807) is 0 Å². The van der Waals surface area contributed by atoms with Crippen LogP contribution in [0.4, 0.5) is 5.69 Å². The van der Waals surface area contributed by atoms with Gasteiger partial charge in [0.15, 0.2) is 0 Å². The van der Waals surface area contributed by atoms with E-state index < -0.39 is 5.97 Å². The molecule has 1 aliphatic carbocycles. The summed E-state index contributed by atoms with van der Waals surface area (Å²) >= 11 is 3.47. The van der Waals surface area contributed by atoms with E-state index in [1.165, 1.54) is 18.4 Å². The first-order valence-corrected chi connectivity index (χ1v) is 8.59. The van der Waals surface area contributed by atoms with Crippen LogP contribution < -0.4 is 5.32 Å². The minimum Gasteiger partial charge on any atom is -0.465 e. The molecular weight excluding hydrogens is 389 g/mol. The van der Waals surface area contributed by atoms with Gasteiger partial charge in [0.25, 0.3) is 0 Å². The van der Waals surface area contributed by atoms with Crippen molar-refractivity contribution in [2.75, 3.05) is 12.4 Å². The minimum atomic E-state index is -0.398. The molecule has 1 N–H and O–H groups in total. The molecule has 110 valence electrons.